The molecule has 1 saturated heterocycles. The van der Waals surface area contributed by atoms with E-state index < -0.39 is 5.60 Å². The fraction of sp³-hybridized carbons (Fsp3) is 0.455. The van der Waals surface area contributed by atoms with Crippen molar-refractivity contribution in [3.05, 3.63) is 29.8 Å². The maximum atomic E-state index is 9.52. The third kappa shape index (κ3) is 2.05. The lowest BCUT2D eigenvalue weighted by molar-refractivity contribution is -0.0871. The van der Waals surface area contributed by atoms with Crippen molar-refractivity contribution in [3.63, 3.8) is 0 Å². The van der Waals surface area contributed by atoms with Gasteiger partial charge in [-0.05, 0) is 24.6 Å². The number of nitrogens with zero attached hydrogens (tertiary/aromatic N) is 1. The number of hydrogen-bond acceptors (Lipinski definition) is 3. The van der Waals surface area contributed by atoms with E-state index >= 15 is 0 Å². The summed E-state index contributed by atoms with van der Waals surface area (Å²) in [5.74, 6) is 0.296. The van der Waals surface area contributed by atoms with Crippen LogP contribution < -0.4 is 0 Å². The Morgan fingerprint density at radius 2 is 1.86 bits per heavy atom. The molecule has 0 unspecified atom stereocenters. The summed E-state index contributed by atoms with van der Waals surface area (Å²) in [5.41, 5.74) is 0.662. The molecule has 3 nitrogen and oxygen atoms in total. The minimum atomic E-state index is -0.503. The van der Waals surface area contributed by atoms with Gasteiger partial charge in [-0.1, -0.05) is 12.1 Å². The molecule has 0 aliphatic carbocycles. The molecule has 76 valence electrons. The van der Waals surface area contributed by atoms with Crippen LogP contribution in [0.25, 0.3) is 0 Å². The Morgan fingerprint density at radius 1 is 1.29 bits per heavy atom. The largest absolute Gasteiger partial charge is 0.508 e. The van der Waals surface area contributed by atoms with E-state index in [1.165, 1.54) is 5.56 Å². The number of benzene rings is 1. The number of aliphatic hydroxyl groups is 1. The smallest absolute Gasteiger partial charge is 0.115 e. The Bertz CT molecular complexity index is 311. The van der Waals surface area contributed by atoms with Crippen LogP contribution in [0.15, 0.2) is 24.3 Å². The van der Waals surface area contributed by atoms with E-state index in [-0.39, 0.29) is 0 Å². The van der Waals surface area contributed by atoms with E-state index in [0.717, 1.165) is 19.6 Å². The first-order valence-corrected chi connectivity index (χ1v) is 4.78. The second-order valence-electron chi connectivity index (χ2n) is 4.31. The predicted molar refractivity (Wildman–Crippen MR) is 54.0 cm³/mol. The highest BCUT2D eigenvalue weighted by atomic mass is 16.3. The summed E-state index contributed by atoms with van der Waals surface area (Å²) < 4.78 is 0. The van der Waals surface area contributed by atoms with Crippen molar-refractivity contribution in [2.75, 3.05) is 13.1 Å². The Balaban J connectivity index is 1.90. The molecule has 0 radical (unpaired) electrons. The van der Waals surface area contributed by atoms with Gasteiger partial charge in [-0.25, -0.2) is 0 Å². The molecule has 0 atom stereocenters. The van der Waals surface area contributed by atoms with Crippen LogP contribution in [-0.2, 0) is 6.54 Å². The summed E-state index contributed by atoms with van der Waals surface area (Å²) in [6.45, 7) is 4.15. The van der Waals surface area contributed by atoms with Crippen molar-refractivity contribution < 1.29 is 10.2 Å². The number of hydrogen-bond donors (Lipinski definition) is 2. The van der Waals surface area contributed by atoms with Gasteiger partial charge < -0.3 is 10.2 Å². The van der Waals surface area contributed by atoms with Gasteiger partial charge in [0.2, 0.25) is 0 Å². The predicted octanol–water partition coefficient (Wildman–Crippen LogP) is 0.959. The lowest BCUT2D eigenvalue weighted by Gasteiger charge is -2.44. The molecule has 0 bridgehead atoms. The molecule has 1 heterocycles. The molecule has 0 spiro atoms. The molecular weight excluding hydrogens is 178 g/mol. The van der Waals surface area contributed by atoms with E-state index in [0.29, 0.717) is 5.75 Å². The summed E-state index contributed by atoms with van der Waals surface area (Å²) in [7, 11) is 0. The first-order chi connectivity index (χ1) is 6.55. The number of phenolic OH excluding ortho intramolecular Hbond substituents is 1. The molecule has 0 amide bonds. The third-order valence-electron chi connectivity index (χ3n) is 2.47. The Kier molecular flexibility index (Phi) is 2.21. The van der Waals surface area contributed by atoms with Gasteiger partial charge in [0.1, 0.15) is 5.75 Å². The van der Waals surface area contributed by atoms with E-state index in [1.54, 1.807) is 12.1 Å². The lowest BCUT2D eigenvalue weighted by atomic mass is 9.96. The third-order valence-corrected chi connectivity index (χ3v) is 2.47. The highest BCUT2D eigenvalue weighted by Gasteiger charge is 2.35. The van der Waals surface area contributed by atoms with Crippen molar-refractivity contribution in [1.82, 2.24) is 4.90 Å². The lowest BCUT2D eigenvalue weighted by Crippen LogP contribution is -2.59. The fourth-order valence-electron chi connectivity index (χ4n) is 1.89. The highest BCUT2D eigenvalue weighted by Crippen LogP contribution is 2.22. The van der Waals surface area contributed by atoms with E-state index in [4.69, 9.17) is 5.11 Å². The number of rotatable bonds is 2. The maximum Gasteiger partial charge on any atom is 0.115 e. The zero-order chi connectivity index (χ0) is 10.2. The number of aromatic hydroxyl groups is 1. The van der Waals surface area contributed by atoms with Crippen molar-refractivity contribution >= 4 is 0 Å². The van der Waals surface area contributed by atoms with Gasteiger partial charge in [-0.3, -0.25) is 4.90 Å². The van der Waals surface area contributed by atoms with Gasteiger partial charge in [-0.2, -0.15) is 0 Å². The van der Waals surface area contributed by atoms with Crippen LogP contribution in [0.2, 0.25) is 0 Å². The number of phenols is 1. The van der Waals surface area contributed by atoms with Crippen molar-refractivity contribution in [2.24, 2.45) is 0 Å². The molecule has 0 saturated carbocycles. The average Bonchev–Trinajstić information content (AvgIpc) is 2.06. The normalized spacial score (nSPS) is 20.4. The SMILES string of the molecule is CC1(O)CN(Cc2ccc(O)cc2)C1. The fourth-order valence-corrected chi connectivity index (χ4v) is 1.89. The second-order valence-corrected chi connectivity index (χ2v) is 4.31. The standard InChI is InChI=1S/C11H15NO2/c1-11(14)7-12(8-11)6-9-2-4-10(13)5-3-9/h2-5,13-14H,6-8H2,1H3. The van der Waals surface area contributed by atoms with E-state index in [1.807, 2.05) is 19.1 Å². The van der Waals surface area contributed by atoms with Crippen LogP contribution in [0.5, 0.6) is 5.75 Å². The second kappa shape index (κ2) is 3.26. The van der Waals surface area contributed by atoms with Crippen molar-refractivity contribution in [1.29, 1.82) is 0 Å². The molecule has 1 aromatic rings. The van der Waals surface area contributed by atoms with Gasteiger partial charge in [-0.15, -0.1) is 0 Å². The number of β-amino-alcohol motifs (C(OH)–C–C–N with tert-alkyl or cyclic N) is 1. The molecule has 1 aliphatic rings. The number of likely N-dealkylation sites (tertiary alicyclic amines) is 1. The Hall–Kier alpha value is -1.06. The van der Waals surface area contributed by atoms with Gasteiger partial charge in [0.15, 0.2) is 0 Å². The first-order valence-electron chi connectivity index (χ1n) is 4.78. The zero-order valence-corrected chi connectivity index (χ0v) is 8.27. The van der Waals surface area contributed by atoms with Crippen LogP contribution >= 0.6 is 0 Å². The summed E-state index contributed by atoms with van der Waals surface area (Å²) in [6.07, 6.45) is 0. The molecule has 1 aliphatic heterocycles. The minimum Gasteiger partial charge on any atom is -0.508 e. The quantitative estimate of drug-likeness (QED) is 0.735. The maximum absolute atomic E-state index is 9.52. The van der Waals surface area contributed by atoms with E-state index in [9.17, 15) is 5.11 Å². The summed E-state index contributed by atoms with van der Waals surface area (Å²) in [4.78, 5) is 2.17. The van der Waals surface area contributed by atoms with Crippen molar-refractivity contribution in [2.45, 2.75) is 19.1 Å². The minimum absolute atomic E-state index is 0.296. The molecular formula is C11H15NO2. The van der Waals surface area contributed by atoms with E-state index in [2.05, 4.69) is 4.90 Å². The Labute approximate surface area is 83.6 Å². The van der Waals surface area contributed by atoms with Crippen LogP contribution in [0.4, 0.5) is 0 Å². The molecule has 0 aromatic heterocycles. The average molecular weight is 193 g/mol. The molecule has 1 aromatic carbocycles. The van der Waals surface area contributed by atoms with Crippen LogP contribution in [0.1, 0.15) is 12.5 Å². The first kappa shape index (κ1) is 9.49. The highest BCUT2D eigenvalue weighted by molar-refractivity contribution is 5.26. The zero-order valence-electron chi connectivity index (χ0n) is 8.27. The van der Waals surface area contributed by atoms with Gasteiger partial charge >= 0.3 is 0 Å². The molecule has 2 rings (SSSR count). The summed E-state index contributed by atoms with van der Waals surface area (Å²) in [6, 6.07) is 7.19. The van der Waals surface area contributed by atoms with Gasteiger partial charge in [0, 0.05) is 19.6 Å². The summed E-state index contributed by atoms with van der Waals surface area (Å²) in [5, 5.41) is 18.6. The van der Waals surface area contributed by atoms with Crippen LogP contribution in [0, 0.1) is 0 Å². The monoisotopic (exact) mass is 193 g/mol. The molecule has 2 N–H and O–H groups in total. The molecule has 3 heteroatoms. The summed E-state index contributed by atoms with van der Waals surface area (Å²) >= 11 is 0. The van der Waals surface area contributed by atoms with Gasteiger partial charge in [0.05, 0.1) is 5.60 Å². The molecule has 14 heavy (non-hydrogen) atoms. The van der Waals surface area contributed by atoms with Gasteiger partial charge in [0.25, 0.3) is 0 Å². The van der Waals surface area contributed by atoms with Crippen LogP contribution in [-0.4, -0.2) is 33.8 Å². The Morgan fingerprint density at radius 3 is 2.36 bits per heavy atom. The van der Waals surface area contributed by atoms with Crippen LogP contribution in [0.3, 0.4) is 0 Å². The van der Waals surface area contributed by atoms with Crippen molar-refractivity contribution in [3.8, 4) is 5.75 Å². The molecule has 1 fully saturated rings. The topological polar surface area (TPSA) is 43.7 Å².